The van der Waals surface area contributed by atoms with E-state index in [1.165, 1.54) is 24.6 Å². The van der Waals surface area contributed by atoms with Crippen molar-refractivity contribution in [3.05, 3.63) is 44.3 Å². The maximum atomic E-state index is 11.9. The zero-order chi connectivity index (χ0) is 23.7. The molecule has 0 aliphatic rings. The summed E-state index contributed by atoms with van der Waals surface area (Å²) in [5, 5.41) is 27.2. The molecule has 0 radical (unpaired) electrons. The van der Waals surface area contributed by atoms with Gasteiger partial charge in [-0.3, -0.25) is 9.59 Å². The van der Waals surface area contributed by atoms with Crippen LogP contribution < -0.4 is 20.3 Å². The molecule has 32 heavy (non-hydrogen) atoms. The van der Waals surface area contributed by atoms with Crippen LogP contribution in [0.2, 0.25) is 0 Å². The summed E-state index contributed by atoms with van der Waals surface area (Å²) < 4.78 is 11.4. The first-order chi connectivity index (χ1) is 15.3. The number of aromatic hydroxyl groups is 2. The van der Waals surface area contributed by atoms with E-state index in [4.69, 9.17) is 9.47 Å². The van der Waals surface area contributed by atoms with Crippen LogP contribution >= 0.6 is 31.9 Å². The Hall–Kier alpha value is -3.12. The van der Waals surface area contributed by atoms with Crippen LogP contribution in [0.25, 0.3) is 0 Å². The summed E-state index contributed by atoms with van der Waals surface area (Å²) in [6.45, 7) is 4.25. The number of nitrogens with one attached hydrogen (secondary N) is 2. The van der Waals surface area contributed by atoms with E-state index >= 15 is 0 Å². The van der Waals surface area contributed by atoms with Crippen molar-refractivity contribution in [3.8, 4) is 23.0 Å². The number of ether oxygens (including phenoxy) is 2. The summed E-state index contributed by atoms with van der Waals surface area (Å²) in [6, 6.07) is 6.17. The molecule has 0 aliphatic heterocycles. The number of halogens is 2. The van der Waals surface area contributed by atoms with Crippen molar-refractivity contribution in [3.63, 3.8) is 0 Å². The predicted molar refractivity (Wildman–Crippen MR) is 125 cm³/mol. The first-order valence-corrected chi connectivity index (χ1v) is 10.8. The number of nitrogens with zero attached hydrogens (tertiary/aromatic N) is 2. The lowest BCUT2D eigenvalue weighted by Crippen LogP contribution is -2.35. The third-order valence-corrected chi connectivity index (χ3v) is 4.88. The number of rotatable bonds is 8. The van der Waals surface area contributed by atoms with Crippen molar-refractivity contribution < 1.29 is 29.3 Å². The Bertz CT molecular complexity index is 975. The number of benzene rings is 2. The molecule has 0 saturated heterocycles. The second-order valence-electron chi connectivity index (χ2n) is 5.96. The highest BCUT2D eigenvalue weighted by Gasteiger charge is 2.13. The van der Waals surface area contributed by atoms with Crippen LogP contribution in [0.5, 0.6) is 23.0 Å². The van der Waals surface area contributed by atoms with E-state index < -0.39 is 11.8 Å². The second kappa shape index (κ2) is 12.1. The van der Waals surface area contributed by atoms with E-state index in [1.54, 1.807) is 26.0 Å². The van der Waals surface area contributed by atoms with E-state index in [-0.39, 0.29) is 23.0 Å². The van der Waals surface area contributed by atoms with Gasteiger partial charge in [0.25, 0.3) is 0 Å². The molecule has 0 spiro atoms. The number of carbonyl (C=O) groups is 2. The molecule has 0 unspecified atom stereocenters. The Morgan fingerprint density at radius 1 is 0.844 bits per heavy atom. The molecule has 0 heterocycles. The molecule has 2 aromatic rings. The van der Waals surface area contributed by atoms with Crippen LogP contribution in [0.1, 0.15) is 25.0 Å². The van der Waals surface area contributed by atoms with Gasteiger partial charge >= 0.3 is 11.8 Å². The number of hydrogen-bond donors (Lipinski definition) is 4. The average molecular weight is 572 g/mol. The van der Waals surface area contributed by atoms with Crippen molar-refractivity contribution in [2.45, 2.75) is 13.8 Å². The molecule has 12 heteroatoms. The lowest BCUT2D eigenvalue weighted by molar-refractivity contribution is -0.139. The Morgan fingerprint density at radius 3 is 1.56 bits per heavy atom. The van der Waals surface area contributed by atoms with E-state index in [1.807, 2.05) is 0 Å². The average Bonchev–Trinajstić information content (AvgIpc) is 2.75. The fraction of sp³-hybridized carbons (Fsp3) is 0.200. The zero-order valence-electron chi connectivity index (χ0n) is 17.1. The van der Waals surface area contributed by atoms with Crippen LogP contribution in [-0.2, 0) is 9.59 Å². The van der Waals surface area contributed by atoms with Gasteiger partial charge in [-0.2, -0.15) is 10.2 Å². The first-order valence-electron chi connectivity index (χ1n) is 9.23. The molecule has 0 saturated carbocycles. The summed E-state index contributed by atoms with van der Waals surface area (Å²) in [5.74, 6) is -1.70. The summed E-state index contributed by atoms with van der Waals surface area (Å²) in [7, 11) is 0. The van der Waals surface area contributed by atoms with Crippen LogP contribution in [0.4, 0.5) is 0 Å². The van der Waals surface area contributed by atoms with Crippen molar-refractivity contribution in [2.75, 3.05) is 13.2 Å². The molecule has 0 atom stereocenters. The minimum atomic E-state index is -1.04. The summed E-state index contributed by atoms with van der Waals surface area (Å²) in [5.41, 5.74) is 5.17. The molecule has 4 N–H and O–H groups in total. The van der Waals surface area contributed by atoms with Gasteiger partial charge in [0.1, 0.15) is 0 Å². The van der Waals surface area contributed by atoms with Crippen molar-refractivity contribution in [2.24, 2.45) is 10.2 Å². The number of amides is 2. The number of phenolic OH excluding ortho intramolecular Hbond substituents is 2. The molecule has 2 amide bonds. The van der Waals surface area contributed by atoms with Gasteiger partial charge in [-0.05, 0) is 81.1 Å². The Balaban J connectivity index is 1.96. The normalized spacial score (nSPS) is 11.0. The van der Waals surface area contributed by atoms with Gasteiger partial charge in [-0.25, -0.2) is 10.9 Å². The lowest BCUT2D eigenvalue weighted by atomic mass is 10.2. The van der Waals surface area contributed by atoms with Gasteiger partial charge in [-0.1, -0.05) is 0 Å². The molecular weight excluding hydrogens is 552 g/mol. The predicted octanol–water partition coefficient (Wildman–Crippen LogP) is 3.02. The highest BCUT2D eigenvalue weighted by molar-refractivity contribution is 9.10. The molecule has 0 aromatic heterocycles. The quantitative estimate of drug-likeness (QED) is 0.218. The molecule has 0 aliphatic carbocycles. The summed E-state index contributed by atoms with van der Waals surface area (Å²) in [6.07, 6.45) is 2.56. The molecule has 170 valence electrons. The van der Waals surface area contributed by atoms with Gasteiger partial charge < -0.3 is 19.7 Å². The highest BCUT2D eigenvalue weighted by atomic mass is 79.9. The van der Waals surface area contributed by atoms with E-state index in [9.17, 15) is 19.8 Å². The summed E-state index contributed by atoms with van der Waals surface area (Å²) >= 11 is 6.39. The number of carbonyl (C=O) groups excluding carboxylic acids is 2. The van der Waals surface area contributed by atoms with Crippen molar-refractivity contribution in [1.29, 1.82) is 0 Å². The van der Waals surface area contributed by atoms with E-state index in [0.717, 1.165) is 0 Å². The molecule has 0 fully saturated rings. The maximum Gasteiger partial charge on any atom is 0.331 e. The first kappa shape index (κ1) is 25.1. The minimum absolute atomic E-state index is 0.0562. The number of hydrogen-bond acceptors (Lipinski definition) is 8. The molecular formula is C20H20Br2N4O6. The highest BCUT2D eigenvalue weighted by Crippen LogP contribution is 2.35. The largest absolute Gasteiger partial charge is 0.503 e. The monoisotopic (exact) mass is 570 g/mol. The van der Waals surface area contributed by atoms with Gasteiger partial charge in [0.2, 0.25) is 0 Å². The topological polar surface area (TPSA) is 142 Å². The number of phenols is 2. The van der Waals surface area contributed by atoms with Crippen LogP contribution in [0.15, 0.2) is 43.4 Å². The minimum Gasteiger partial charge on any atom is -0.503 e. The Kier molecular flexibility index (Phi) is 9.47. The van der Waals surface area contributed by atoms with Gasteiger partial charge in [-0.15, -0.1) is 0 Å². The van der Waals surface area contributed by atoms with Crippen molar-refractivity contribution >= 4 is 56.1 Å². The van der Waals surface area contributed by atoms with Crippen LogP contribution in [0.3, 0.4) is 0 Å². The number of hydrazone groups is 2. The van der Waals surface area contributed by atoms with Crippen LogP contribution in [0, 0.1) is 0 Å². The zero-order valence-corrected chi connectivity index (χ0v) is 20.2. The maximum absolute atomic E-state index is 11.9. The van der Waals surface area contributed by atoms with Gasteiger partial charge in [0.05, 0.1) is 34.6 Å². The smallest absolute Gasteiger partial charge is 0.331 e. The van der Waals surface area contributed by atoms with E-state index in [2.05, 4.69) is 52.9 Å². The van der Waals surface area contributed by atoms with Gasteiger partial charge in [0.15, 0.2) is 23.0 Å². The third-order valence-electron chi connectivity index (χ3n) is 3.67. The molecule has 2 rings (SSSR count). The molecule has 10 nitrogen and oxygen atoms in total. The van der Waals surface area contributed by atoms with E-state index in [0.29, 0.717) is 33.3 Å². The SMILES string of the molecule is CCOc1cc(/C=N/NC(=O)C(=O)N/N=C/c2cc(Br)c(O)c(OCC)c2)cc(Br)c1O. The fourth-order valence-corrected chi connectivity index (χ4v) is 3.22. The summed E-state index contributed by atoms with van der Waals surface area (Å²) in [4.78, 5) is 23.7. The second-order valence-corrected chi connectivity index (χ2v) is 7.67. The fourth-order valence-electron chi connectivity index (χ4n) is 2.30. The standard InChI is InChI=1S/C20H20Br2N4O6/c1-3-31-15-7-11(5-13(21)17(15)27)9-23-25-19(29)20(30)26-24-10-12-6-14(22)18(28)16(8-12)32-4-2/h5-10,27-28H,3-4H2,1-2H3,(H,25,29)(H,26,30)/b23-9+,24-10+. The third kappa shape index (κ3) is 6.95. The Morgan fingerprint density at radius 2 is 1.22 bits per heavy atom. The lowest BCUT2D eigenvalue weighted by Gasteiger charge is -2.08. The Labute approximate surface area is 200 Å². The van der Waals surface area contributed by atoms with Crippen LogP contribution in [-0.4, -0.2) is 47.7 Å². The molecule has 2 aromatic carbocycles. The molecule has 0 bridgehead atoms. The van der Waals surface area contributed by atoms with Gasteiger partial charge in [0, 0.05) is 0 Å². The van der Waals surface area contributed by atoms with Crippen molar-refractivity contribution in [1.82, 2.24) is 10.9 Å².